The van der Waals surface area contributed by atoms with Crippen LogP contribution in [0.5, 0.6) is 0 Å². The highest BCUT2D eigenvalue weighted by Gasteiger charge is 2.46. The highest BCUT2D eigenvalue weighted by Crippen LogP contribution is 2.45. The van der Waals surface area contributed by atoms with E-state index >= 15 is 0 Å². The molecule has 1 heterocycles. The van der Waals surface area contributed by atoms with Crippen molar-refractivity contribution in [3.05, 3.63) is 34.9 Å². The number of aryl methyl sites for hydroxylation is 2. The first-order valence-corrected chi connectivity index (χ1v) is 8.64. The Bertz CT molecular complexity index is 484. The number of nitrogens with zero attached hydrogens (tertiary/aromatic N) is 1. The van der Waals surface area contributed by atoms with Gasteiger partial charge in [0.2, 0.25) is 0 Å². The van der Waals surface area contributed by atoms with Crippen LogP contribution >= 0.6 is 0 Å². The first-order valence-electron chi connectivity index (χ1n) is 8.64. The molecule has 1 aliphatic carbocycles. The predicted octanol–water partition coefficient (Wildman–Crippen LogP) is 4.14. The minimum Gasteiger partial charge on any atom is -0.386 e. The normalized spacial score (nSPS) is 24.1. The summed E-state index contributed by atoms with van der Waals surface area (Å²) < 4.78 is 0. The smallest absolute Gasteiger partial charge is 0.0973 e. The van der Waals surface area contributed by atoms with E-state index in [0.717, 1.165) is 18.4 Å². The van der Waals surface area contributed by atoms with Gasteiger partial charge in [0.1, 0.15) is 0 Å². The van der Waals surface area contributed by atoms with Gasteiger partial charge in [0.25, 0.3) is 0 Å². The number of aliphatic hydroxyl groups is 1. The summed E-state index contributed by atoms with van der Waals surface area (Å²) in [6.07, 6.45) is 8.44. The van der Waals surface area contributed by atoms with E-state index in [0.29, 0.717) is 0 Å². The van der Waals surface area contributed by atoms with Crippen molar-refractivity contribution in [2.45, 2.75) is 70.4 Å². The Morgan fingerprint density at radius 3 is 2.24 bits per heavy atom. The van der Waals surface area contributed by atoms with Gasteiger partial charge < -0.3 is 5.11 Å². The largest absolute Gasteiger partial charge is 0.386 e. The number of hydrogen-bond donors (Lipinski definition) is 1. The molecule has 1 unspecified atom stereocenters. The molecule has 0 radical (unpaired) electrons. The zero-order valence-electron chi connectivity index (χ0n) is 13.6. The van der Waals surface area contributed by atoms with Gasteiger partial charge in [-0.05, 0) is 69.3 Å². The van der Waals surface area contributed by atoms with Crippen LogP contribution < -0.4 is 0 Å². The van der Waals surface area contributed by atoms with Crippen molar-refractivity contribution >= 4 is 0 Å². The summed E-state index contributed by atoms with van der Waals surface area (Å²) >= 11 is 0. The fourth-order valence-corrected chi connectivity index (χ4v) is 4.33. The Morgan fingerprint density at radius 2 is 1.62 bits per heavy atom. The first kappa shape index (κ1) is 15.1. The van der Waals surface area contributed by atoms with Crippen molar-refractivity contribution < 1.29 is 5.11 Å². The van der Waals surface area contributed by atoms with E-state index in [1.807, 2.05) is 0 Å². The fraction of sp³-hybridized carbons (Fsp3) is 0.684. The third-order valence-corrected chi connectivity index (χ3v) is 5.81. The van der Waals surface area contributed by atoms with Gasteiger partial charge in [0, 0.05) is 0 Å². The van der Waals surface area contributed by atoms with Crippen LogP contribution in [0.2, 0.25) is 0 Å². The molecule has 1 aromatic rings. The lowest BCUT2D eigenvalue weighted by atomic mass is 9.82. The molecule has 0 bridgehead atoms. The SMILES string of the molecule is Cc1ccc(C(O)C2(N3CCCCC3)CCCC2)cc1C. The van der Waals surface area contributed by atoms with Gasteiger partial charge in [0.05, 0.1) is 11.6 Å². The molecule has 1 saturated heterocycles. The van der Waals surface area contributed by atoms with Crippen LogP contribution in [0.15, 0.2) is 18.2 Å². The number of rotatable bonds is 3. The lowest BCUT2D eigenvalue weighted by molar-refractivity contribution is -0.0405. The van der Waals surface area contributed by atoms with E-state index < -0.39 is 0 Å². The third-order valence-electron chi connectivity index (χ3n) is 5.81. The summed E-state index contributed by atoms with van der Waals surface area (Å²) in [4.78, 5) is 2.61. The van der Waals surface area contributed by atoms with Crippen molar-refractivity contribution in [3.8, 4) is 0 Å². The Kier molecular flexibility index (Phi) is 4.37. The average molecular weight is 287 g/mol. The summed E-state index contributed by atoms with van der Waals surface area (Å²) in [5.74, 6) is 0. The maximum absolute atomic E-state index is 11.2. The molecule has 2 nitrogen and oxygen atoms in total. The van der Waals surface area contributed by atoms with Crippen molar-refractivity contribution in [2.24, 2.45) is 0 Å². The molecule has 21 heavy (non-hydrogen) atoms. The van der Waals surface area contributed by atoms with E-state index in [-0.39, 0.29) is 11.6 Å². The Hall–Kier alpha value is -0.860. The standard InChI is InChI=1S/C19H29NO/c1-15-8-9-17(14-16(15)2)18(21)19(10-4-5-11-19)20-12-6-3-7-13-20/h8-9,14,18,21H,3-7,10-13H2,1-2H3. The second kappa shape index (κ2) is 6.10. The number of aliphatic hydroxyl groups excluding tert-OH is 1. The van der Waals surface area contributed by atoms with Crippen LogP contribution in [0.25, 0.3) is 0 Å². The average Bonchev–Trinajstić information content (AvgIpc) is 3.01. The van der Waals surface area contributed by atoms with Gasteiger partial charge in [-0.1, -0.05) is 37.5 Å². The lowest BCUT2D eigenvalue weighted by Crippen LogP contribution is -2.53. The molecule has 116 valence electrons. The van der Waals surface area contributed by atoms with Crippen LogP contribution in [-0.2, 0) is 0 Å². The van der Waals surface area contributed by atoms with Crippen molar-refractivity contribution in [2.75, 3.05) is 13.1 Å². The highest BCUT2D eigenvalue weighted by atomic mass is 16.3. The van der Waals surface area contributed by atoms with Crippen molar-refractivity contribution in [1.29, 1.82) is 0 Å². The zero-order chi connectivity index (χ0) is 14.9. The topological polar surface area (TPSA) is 23.5 Å². The van der Waals surface area contributed by atoms with Gasteiger partial charge >= 0.3 is 0 Å². The van der Waals surface area contributed by atoms with Crippen LogP contribution in [0, 0.1) is 13.8 Å². The summed E-state index contributed by atoms with van der Waals surface area (Å²) in [6.45, 7) is 6.62. The molecular formula is C19H29NO. The molecule has 2 heteroatoms. The third kappa shape index (κ3) is 2.76. The van der Waals surface area contributed by atoms with Crippen LogP contribution in [0.1, 0.15) is 67.7 Å². The lowest BCUT2D eigenvalue weighted by Gasteiger charge is -2.46. The van der Waals surface area contributed by atoms with Crippen LogP contribution in [0.4, 0.5) is 0 Å². The molecule has 1 aromatic carbocycles. The Balaban J connectivity index is 1.90. The van der Waals surface area contributed by atoms with E-state index in [9.17, 15) is 5.11 Å². The number of hydrogen-bond acceptors (Lipinski definition) is 2. The molecule has 1 saturated carbocycles. The fourth-order valence-electron chi connectivity index (χ4n) is 4.33. The second-order valence-corrected chi connectivity index (χ2v) is 7.10. The highest BCUT2D eigenvalue weighted by molar-refractivity contribution is 5.33. The molecular weight excluding hydrogens is 258 g/mol. The van der Waals surface area contributed by atoms with E-state index in [2.05, 4.69) is 36.9 Å². The number of benzene rings is 1. The second-order valence-electron chi connectivity index (χ2n) is 7.10. The van der Waals surface area contributed by atoms with Gasteiger partial charge in [0.15, 0.2) is 0 Å². The predicted molar refractivity (Wildman–Crippen MR) is 87.5 cm³/mol. The molecule has 1 atom stereocenters. The molecule has 2 aliphatic rings. The van der Waals surface area contributed by atoms with Crippen molar-refractivity contribution in [3.63, 3.8) is 0 Å². The van der Waals surface area contributed by atoms with Gasteiger partial charge in [-0.15, -0.1) is 0 Å². The summed E-state index contributed by atoms with van der Waals surface area (Å²) in [5, 5.41) is 11.2. The summed E-state index contributed by atoms with van der Waals surface area (Å²) in [7, 11) is 0. The summed E-state index contributed by atoms with van der Waals surface area (Å²) in [6, 6.07) is 6.49. The van der Waals surface area contributed by atoms with Crippen molar-refractivity contribution in [1.82, 2.24) is 4.90 Å². The molecule has 2 fully saturated rings. The van der Waals surface area contributed by atoms with Crippen LogP contribution in [-0.4, -0.2) is 28.6 Å². The van der Waals surface area contributed by atoms with E-state index in [1.165, 1.54) is 56.3 Å². The minimum atomic E-state index is -0.336. The van der Waals surface area contributed by atoms with Gasteiger partial charge in [-0.2, -0.15) is 0 Å². The number of piperidine rings is 1. The molecule has 1 aliphatic heterocycles. The van der Waals surface area contributed by atoms with E-state index in [4.69, 9.17) is 0 Å². The molecule has 1 N–H and O–H groups in total. The maximum atomic E-state index is 11.2. The Labute approximate surface area is 129 Å². The number of likely N-dealkylation sites (tertiary alicyclic amines) is 1. The molecule has 0 amide bonds. The van der Waals surface area contributed by atoms with Crippen LogP contribution in [0.3, 0.4) is 0 Å². The first-order chi connectivity index (χ1) is 10.1. The minimum absolute atomic E-state index is 0.00210. The molecule has 0 spiro atoms. The maximum Gasteiger partial charge on any atom is 0.0973 e. The molecule has 0 aromatic heterocycles. The van der Waals surface area contributed by atoms with E-state index in [1.54, 1.807) is 0 Å². The molecule has 3 rings (SSSR count). The van der Waals surface area contributed by atoms with Gasteiger partial charge in [-0.25, -0.2) is 0 Å². The Morgan fingerprint density at radius 1 is 0.952 bits per heavy atom. The quantitative estimate of drug-likeness (QED) is 0.903. The zero-order valence-corrected chi connectivity index (χ0v) is 13.6. The van der Waals surface area contributed by atoms with Gasteiger partial charge in [-0.3, -0.25) is 4.90 Å². The summed E-state index contributed by atoms with van der Waals surface area (Å²) in [5.41, 5.74) is 3.72. The monoisotopic (exact) mass is 287 g/mol.